The Hall–Kier alpha value is -1.86. The van der Waals surface area contributed by atoms with Crippen LogP contribution in [0.4, 0.5) is 0 Å². The highest BCUT2D eigenvalue weighted by Crippen LogP contribution is 2.36. The van der Waals surface area contributed by atoms with Crippen molar-refractivity contribution in [1.29, 1.82) is 0 Å². The van der Waals surface area contributed by atoms with E-state index in [1.54, 1.807) is 4.90 Å². The minimum Gasteiger partial charge on any atom is -0.322 e. The third kappa shape index (κ3) is 6.22. The van der Waals surface area contributed by atoms with E-state index in [-0.39, 0.29) is 24.1 Å². The Balaban J connectivity index is 1.16. The molecule has 1 aromatic rings. The van der Waals surface area contributed by atoms with Gasteiger partial charge in [-0.05, 0) is 80.4 Å². The zero-order valence-corrected chi connectivity index (χ0v) is 21.5. The average Bonchev–Trinajstić information content (AvgIpc) is 3.13. The molecule has 1 saturated carbocycles. The number of imide groups is 1. The van der Waals surface area contributed by atoms with E-state index in [0.717, 1.165) is 29.2 Å². The summed E-state index contributed by atoms with van der Waals surface area (Å²) in [7, 11) is 0. The van der Waals surface area contributed by atoms with Crippen molar-refractivity contribution in [2.45, 2.75) is 102 Å². The lowest BCUT2D eigenvalue weighted by atomic mass is 9.75. The third-order valence-electron chi connectivity index (χ3n) is 7.64. The van der Waals surface area contributed by atoms with Crippen LogP contribution >= 0.6 is 11.8 Å². The maximum atomic E-state index is 12.9. The van der Waals surface area contributed by atoms with Crippen molar-refractivity contribution in [3.63, 3.8) is 0 Å². The first-order valence-corrected chi connectivity index (χ1v) is 14.0. The zero-order valence-electron chi connectivity index (χ0n) is 20.7. The average molecular weight is 486 g/mol. The number of piperidine rings is 1. The molecule has 4 rings (SSSR count). The van der Waals surface area contributed by atoms with E-state index in [1.807, 2.05) is 23.9 Å². The fourth-order valence-electron chi connectivity index (χ4n) is 5.36. The fourth-order valence-corrected chi connectivity index (χ4v) is 6.46. The molecule has 1 atom stereocenters. The van der Waals surface area contributed by atoms with Gasteiger partial charge in [0.25, 0.3) is 5.91 Å². The molecule has 2 heterocycles. The number of nitrogens with zero attached hydrogens (tertiary/aromatic N) is 1. The summed E-state index contributed by atoms with van der Waals surface area (Å²) >= 11 is 1.81. The third-order valence-corrected chi connectivity index (χ3v) is 8.83. The zero-order chi connectivity index (χ0) is 24.1. The van der Waals surface area contributed by atoms with E-state index >= 15 is 0 Å². The highest BCUT2D eigenvalue weighted by molar-refractivity contribution is 7.99. The van der Waals surface area contributed by atoms with Crippen molar-refractivity contribution in [1.82, 2.24) is 15.5 Å². The molecule has 0 radical (unpaired) electrons. The normalized spacial score (nSPS) is 22.7. The maximum Gasteiger partial charge on any atom is 0.255 e. The summed E-state index contributed by atoms with van der Waals surface area (Å²) in [6.45, 7) is 6.35. The van der Waals surface area contributed by atoms with Gasteiger partial charge in [-0.2, -0.15) is 0 Å². The smallest absolute Gasteiger partial charge is 0.255 e. The number of unbranched alkanes of at least 4 members (excludes halogenated alkanes) is 3. The van der Waals surface area contributed by atoms with Crippen molar-refractivity contribution < 1.29 is 14.4 Å². The van der Waals surface area contributed by atoms with Crippen LogP contribution in [-0.2, 0) is 16.1 Å². The van der Waals surface area contributed by atoms with Gasteiger partial charge in [0.15, 0.2) is 0 Å². The number of thioether (sulfide) groups is 1. The number of carbonyl (C=O) groups is 3. The molecule has 1 aromatic carbocycles. The van der Waals surface area contributed by atoms with Crippen LogP contribution in [0.15, 0.2) is 23.1 Å². The van der Waals surface area contributed by atoms with Crippen LogP contribution in [0.2, 0.25) is 0 Å². The summed E-state index contributed by atoms with van der Waals surface area (Å²) in [5.41, 5.74) is 2.26. The van der Waals surface area contributed by atoms with Gasteiger partial charge in [-0.15, -0.1) is 11.8 Å². The Bertz CT molecular complexity index is 906. The molecule has 1 unspecified atom stereocenters. The number of carbonyl (C=O) groups excluding carboxylic acids is 3. The molecule has 0 spiro atoms. The Morgan fingerprint density at radius 3 is 2.59 bits per heavy atom. The molecule has 0 bridgehead atoms. The molecule has 0 aromatic heterocycles. The van der Waals surface area contributed by atoms with Crippen LogP contribution < -0.4 is 10.6 Å². The quantitative estimate of drug-likeness (QED) is 0.286. The number of hydrogen-bond acceptors (Lipinski definition) is 5. The molecule has 1 aliphatic carbocycles. The molecular weight excluding hydrogens is 446 g/mol. The molecule has 3 amide bonds. The summed E-state index contributed by atoms with van der Waals surface area (Å²) in [5, 5.41) is 6.13. The summed E-state index contributed by atoms with van der Waals surface area (Å²) in [6, 6.07) is 6.04. The van der Waals surface area contributed by atoms with Crippen molar-refractivity contribution >= 4 is 29.5 Å². The van der Waals surface area contributed by atoms with Gasteiger partial charge >= 0.3 is 0 Å². The first-order chi connectivity index (χ1) is 16.3. The molecule has 1 saturated heterocycles. The molecule has 34 heavy (non-hydrogen) atoms. The molecular formula is C27H39N3O3S. The molecule has 3 aliphatic rings. The molecule has 6 nitrogen and oxygen atoms in total. The van der Waals surface area contributed by atoms with E-state index < -0.39 is 6.04 Å². The lowest BCUT2D eigenvalue weighted by Crippen LogP contribution is -2.52. The number of benzene rings is 1. The summed E-state index contributed by atoms with van der Waals surface area (Å²) in [4.78, 5) is 39.5. The number of amides is 3. The Kier molecular flexibility index (Phi) is 8.35. The van der Waals surface area contributed by atoms with Gasteiger partial charge in [-0.1, -0.05) is 32.8 Å². The molecule has 7 heteroatoms. The summed E-state index contributed by atoms with van der Waals surface area (Å²) < 4.78 is 0. The van der Waals surface area contributed by atoms with Gasteiger partial charge < -0.3 is 10.2 Å². The second kappa shape index (κ2) is 11.3. The summed E-state index contributed by atoms with van der Waals surface area (Å²) in [5.74, 6) is 0.332. The lowest BCUT2D eigenvalue weighted by molar-refractivity contribution is -0.136. The van der Waals surface area contributed by atoms with Crippen molar-refractivity contribution in [3.05, 3.63) is 29.3 Å². The highest BCUT2D eigenvalue weighted by atomic mass is 32.2. The van der Waals surface area contributed by atoms with Crippen LogP contribution in [-0.4, -0.2) is 47.0 Å². The lowest BCUT2D eigenvalue weighted by Gasteiger charge is -2.34. The first kappa shape index (κ1) is 25.2. The van der Waals surface area contributed by atoms with E-state index in [9.17, 15) is 14.4 Å². The molecule has 2 fully saturated rings. The highest BCUT2D eigenvalue weighted by Gasteiger charge is 2.39. The molecule has 2 N–H and O–H groups in total. The SMILES string of the molecule is CC1(C)CCC(NCCCCCCSc2cccc3c2CN(C2CCC(=O)NC2=O)C3=O)CC1. The van der Waals surface area contributed by atoms with Gasteiger partial charge in [0.2, 0.25) is 11.8 Å². The molecule has 2 aliphatic heterocycles. The van der Waals surface area contributed by atoms with Crippen molar-refractivity contribution in [2.24, 2.45) is 5.41 Å². The predicted molar refractivity (Wildman–Crippen MR) is 136 cm³/mol. The predicted octanol–water partition coefficient (Wildman–Crippen LogP) is 4.66. The van der Waals surface area contributed by atoms with E-state index in [4.69, 9.17) is 0 Å². The largest absolute Gasteiger partial charge is 0.322 e. The van der Waals surface area contributed by atoms with Crippen LogP contribution in [0.1, 0.15) is 94.0 Å². The number of nitrogens with one attached hydrogen (secondary N) is 2. The second-order valence-electron chi connectivity index (χ2n) is 10.8. The van der Waals surface area contributed by atoms with Gasteiger partial charge in [0, 0.05) is 29.5 Å². The fraction of sp³-hybridized carbons (Fsp3) is 0.667. The Morgan fingerprint density at radius 1 is 1.06 bits per heavy atom. The number of hydrogen-bond donors (Lipinski definition) is 2. The summed E-state index contributed by atoms with van der Waals surface area (Å²) in [6.07, 6.45) is 10.9. The van der Waals surface area contributed by atoms with Gasteiger partial charge in [0.05, 0.1) is 0 Å². The second-order valence-corrected chi connectivity index (χ2v) is 12.0. The maximum absolute atomic E-state index is 12.9. The van der Waals surface area contributed by atoms with Crippen LogP contribution in [0.3, 0.4) is 0 Å². The number of rotatable bonds is 10. The molecule has 186 valence electrons. The van der Waals surface area contributed by atoms with E-state index in [2.05, 4.69) is 30.5 Å². The van der Waals surface area contributed by atoms with Crippen LogP contribution in [0.5, 0.6) is 0 Å². The van der Waals surface area contributed by atoms with E-state index in [0.29, 0.717) is 30.0 Å². The minimum atomic E-state index is -0.552. The van der Waals surface area contributed by atoms with Crippen LogP contribution in [0, 0.1) is 5.41 Å². The van der Waals surface area contributed by atoms with Gasteiger partial charge in [0.1, 0.15) is 6.04 Å². The topological polar surface area (TPSA) is 78.5 Å². The van der Waals surface area contributed by atoms with Gasteiger partial charge in [-0.25, -0.2) is 0 Å². The Labute approximate surface area is 208 Å². The van der Waals surface area contributed by atoms with E-state index in [1.165, 1.54) is 44.9 Å². The van der Waals surface area contributed by atoms with Crippen molar-refractivity contribution in [3.8, 4) is 0 Å². The van der Waals surface area contributed by atoms with Gasteiger partial charge in [-0.3, -0.25) is 19.7 Å². The number of fused-ring (bicyclic) bond motifs is 1. The monoisotopic (exact) mass is 485 g/mol. The standard InChI is InChI=1S/C27H39N3O3S/c1-27(2)14-12-19(13-15-27)28-16-5-3-4-6-17-34-23-9-7-8-20-21(23)18-30(26(20)33)22-10-11-24(31)29-25(22)32/h7-9,19,22,28H,3-6,10-18H2,1-2H3,(H,29,31,32). The van der Waals surface area contributed by atoms with Crippen molar-refractivity contribution in [2.75, 3.05) is 12.3 Å². The Morgan fingerprint density at radius 2 is 1.82 bits per heavy atom. The first-order valence-electron chi connectivity index (χ1n) is 13.0. The minimum absolute atomic E-state index is 0.0963. The van der Waals surface area contributed by atoms with Crippen LogP contribution in [0.25, 0.3) is 0 Å².